The van der Waals surface area contributed by atoms with Crippen LogP contribution in [-0.4, -0.2) is 51.5 Å². The molecule has 8 nitrogen and oxygen atoms in total. The summed E-state index contributed by atoms with van der Waals surface area (Å²) in [6, 6.07) is 9.45. The highest BCUT2D eigenvalue weighted by molar-refractivity contribution is 7.16. The number of fused-ring (bicyclic) bond motifs is 3. The summed E-state index contributed by atoms with van der Waals surface area (Å²) in [6.45, 7) is 0.583. The highest BCUT2D eigenvalue weighted by Crippen LogP contribution is 2.46. The van der Waals surface area contributed by atoms with Gasteiger partial charge in [-0.2, -0.15) is 4.98 Å². The molecule has 0 aliphatic carbocycles. The number of benzene rings is 1. The molecule has 3 aromatic rings. The fraction of sp³-hybridized carbons (Fsp3) is 0.391. The maximum Gasteiger partial charge on any atom is 0.362 e. The zero-order valence-corrected chi connectivity index (χ0v) is 19.6. The molecule has 2 aliphatic heterocycles. The highest BCUT2D eigenvalue weighted by atomic mass is 35.5. The summed E-state index contributed by atoms with van der Waals surface area (Å²) in [5.74, 6) is -0.873. The van der Waals surface area contributed by atoms with Gasteiger partial charge in [0.2, 0.25) is 17.5 Å². The summed E-state index contributed by atoms with van der Waals surface area (Å²) < 4.78 is 11.1. The minimum atomic E-state index is -0.861. The molecule has 4 heterocycles. The molecular formula is C23H23ClN4O4S. The number of primary amides is 1. The first kappa shape index (κ1) is 22.1. The first-order valence-corrected chi connectivity index (χ1v) is 12.0. The van der Waals surface area contributed by atoms with Crippen LogP contribution in [0.15, 0.2) is 35.7 Å². The summed E-state index contributed by atoms with van der Waals surface area (Å²) >= 11 is 7.43. The van der Waals surface area contributed by atoms with Crippen molar-refractivity contribution in [1.29, 1.82) is 0 Å². The molecule has 2 bridgehead atoms. The Bertz CT molecular complexity index is 1220. The summed E-state index contributed by atoms with van der Waals surface area (Å²) in [5, 5.41) is 2.51. The lowest BCUT2D eigenvalue weighted by Crippen LogP contribution is -2.60. The second kappa shape index (κ2) is 8.55. The van der Waals surface area contributed by atoms with Crippen LogP contribution in [0, 0.1) is 0 Å². The third-order valence-electron chi connectivity index (χ3n) is 6.63. The van der Waals surface area contributed by atoms with Crippen LogP contribution in [0.4, 0.5) is 0 Å². The maximum absolute atomic E-state index is 13.0. The molecule has 0 saturated carbocycles. The van der Waals surface area contributed by atoms with Crippen LogP contribution in [0.3, 0.4) is 0 Å². The molecule has 3 atom stereocenters. The lowest BCUT2D eigenvalue weighted by Gasteiger charge is -2.45. The van der Waals surface area contributed by atoms with E-state index in [9.17, 15) is 9.59 Å². The van der Waals surface area contributed by atoms with Crippen molar-refractivity contribution in [3.05, 3.63) is 52.0 Å². The SMILES string of the molecule is COc1nc2sccc2nc1C(=O)OC1CC2CCC(C(N)=O)(C1)N2Cc1ccc(Cl)cc1. The Balaban J connectivity index is 1.37. The number of ether oxygens (including phenoxy) is 2. The van der Waals surface area contributed by atoms with Crippen molar-refractivity contribution in [2.45, 2.75) is 49.9 Å². The van der Waals surface area contributed by atoms with Gasteiger partial charge < -0.3 is 15.2 Å². The molecule has 3 unspecified atom stereocenters. The molecule has 2 N–H and O–H groups in total. The molecule has 2 fully saturated rings. The van der Waals surface area contributed by atoms with Crippen molar-refractivity contribution in [2.75, 3.05) is 7.11 Å². The molecule has 5 rings (SSSR count). The van der Waals surface area contributed by atoms with Gasteiger partial charge in [-0.25, -0.2) is 9.78 Å². The molecule has 2 aromatic heterocycles. The Morgan fingerprint density at radius 1 is 1.27 bits per heavy atom. The van der Waals surface area contributed by atoms with Gasteiger partial charge >= 0.3 is 5.97 Å². The van der Waals surface area contributed by atoms with Crippen molar-refractivity contribution in [2.24, 2.45) is 5.73 Å². The molecule has 0 spiro atoms. The number of hydrogen-bond acceptors (Lipinski definition) is 8. The van der Waals surface area contributed by atoms with Gasteiger partial charge in [-0.05, 0) is 42.0 Å². The van der Waals surface area contributed by atoms with Gasteiger partial charge in [-0.3, -0.25) is 9.69 Å². The first-order valence-electron chi connectivity index (χ1n) is 10.7. The van der Waals surface area contributed by atoms with Gasteiger partial charge in [0.1, 0.15) is 22.0 Å². The van der Waals surface area contributed by atoms with Gasteiger partial charge in [0, 0.05) is 30.5 Å². The Morgan fingerprint density at radius 3 is 2.79 bits per heavy atom. The minimum Gasteiger partial charge on any atom is -0.479 e. The second-order valence-electron chi connectivity index (χ2n) is 8.50. The molecule has 2 saturated heterocycles. The van der Waals surface area contributed by atoms with Crippen molar-refractivity contribution < 1.29 is 19.1 Å². The lowest BCUT2D eigenvalue weighted by molar-refractivity contribution is -0.136. The van der Waals surface area contributed by atoms with Gasteiger partial charge in [-0.15, -0.1) is 11.3 Å². The van der Waals surface area contributed by atoms with E-state index < -0.39 is 23.5 Å². The van der Waals surface area contributed by atoms with Crippen LogP contribution in [-0.2, 0) is 16.1 Å². The van der Waals surface area contributed by atoms with Crippen LogP contribution in [0.25, 0.3) is 10.3 Å². The number of rotatable bonds is 6. The van der Waals surface area contributed by atoms with E-state index in [-0.39, 0.29) is 17.6 Å². The van der Waals surface area contributed by atoms with E-state index in [0.717, 1.165) is 12.0 Å². The summed E-state index contributed by atoms with van der Waals surface area (Å²) in [7, 11) is 1.44. The lowest BCUT2D eigenvalue weighted by atomic mass is 9.85. The average molecular weight is 487 g/mol. The Labute approximate surface area is 199 Å². The van der Waals surface area contributed by atoms with Crippen LogP contribution in [0.1, 0.15) is 41.7 Å². The normalized spacial score (nSPS) is 24.7. The van der Waals surface area contributed by atoms with E-state index in [0.29, 0.717) is 41.2 Å². The topological polar surface area (TPSA) is 108 Å². The zero-order valence-electron chi connectivity index (χ0n) is 18.0. The monoisotopic (exact) mass is 486 g/mol. The number of nitrogens with zero attached hydrogens (tertiary/aromatic N) is 3. The third-order valence-corrected chi connectivity index (χ3v) is 7.68. The molecule has 2 aliphatic rings. The number of carbonyl (C=O) groups is 2. The molecule has 0 radical (unpaired) electrons. The van der Waals surface area contributed by atoms with Crippen molar-refractivity contribution >= 4 is 45.2 Å². The standard InChI is InChI=1S/C23H23ClN4O4S/c1-31-19-18(26-17-7-9-33-20(17)27-19)21(29)32-16-10-15-6-8-23(11-16,22(25)30)28(15)12-13-2-4-14(24)5-3-13/h2-5,7,9,15-16H,6,8,10-12H2,1H3,(H2,25,30). The Hall–Kier alpha value is -2.75. The molecule has 1 amide bonds. The Kier molecular flexibility index (Phi) is 5.72. The number of aromatic nitrogens is 2. The van der Waals surface area contributed by atoms with Crippen LogP contribution < -0.4 is 10.5 Å². The zero-order chi connectivity index (χ0) is 23.2. The number of thiophene rings is 1. The summed E-state index contributed by atoms with van der Waals surface area (Å²) in [5.41, 5.74) is 6.76. The quantitative estimate of drug-likeness (QED) is 0.530. The molecule has 10 heteroatoms. The van der Waals surface area contributed by atoms with Crippen molar-refractivity contribution in [1.82, 2.24) is 14.9 Å². The van der Waals surface area contributed by atoms with E-state index in [1.807, 2.05) is 29.6 Å². The van der Waals surface area contributed by atoms with Gasteiger partial charge in [-0.1, -0.05) is 23.7 Å². The fourth-order valence-electron chi connectivity index (χ4n) is 5.06. The number of carbonyl (C=O) groups excluding carboxylic acids is 2. The van der Waals surface area contributed by atoms with E-state index in [4.69, 9.17) is 26.8 Å². The van der Waals surface area contributed by atoms with Crippen LogP contribution in [0.5, 0.6) is 5.88 Å². The predicted octanol–water partition coefficient (Wildman–Crippen LogP) is 3.56. The highest BCUT2D eigenvalue weighted by Gasteiger charge is 2.56. The number of methoxy groups -OCH3 is 1. The molecule has 33 heavy (non-hydrogen) atoms. The number of hydrogen-bond donors (Lipinski definition) is 1. The van der Waals surface area contributed by atoms with Gasteiger partial charge in [0.25, 0.3) is 0 Å². The van der Waals surface area contributed by atoms with E-state index in [2.05, 4.69) is 14.9 Å². The average Bonchev–Trinajstić information content (AvgIpc) is 3.34. The minimum absolute atomic E-state index is 0.0347. The number of amides is 1. The van der Waals surface area contributed by atoms with Gasteiger partial charge in [0.15, 0.2) is 0 Å². The molecule has 172 valence electrons. The van der Waals surface area contributed by atoms with Crippen molar-refractivity contribution in [3.63, 3.8) is 0 Å². The number of piperidine rings is 1. The number of esters is 1. The van der Waals surface area contributed by atoms with E-state index >= 15 is 0 Å². The van der Waals surface area contributed by atoms with Crippen molar-refractivity contribution in [3.8, 4) is 5.88 Å². The van der Waals surface area contributed by atoms with Crippen LogP contribution in [0.2, 0.25) is 5.02 Å². The molecule has 1 aromatic carbocycles. The second-order valence-corrected chi connectivity index (χ2v) is 9.83. The molecular weight excluding hydrogens is 464 g/mol. The van der Waals surface area contributed by atoms with E-state index in [1.165, 1.54) is 18.4 Å². The predicted molar refractivity (Wildman–Crippen MR) is 124 cm³/mol. The largest absolute Gasteiger partial charge is 0.479 e. The number of nitrogens with two attached hydrogens (primary N) is 1. The Morgan fingerprint density at radius 2 is 2.06 bits per heavy atom. The number of halogens is 1. The smallest absolute Gasteiger partial charge is 0.362 e. The van der Waals surface area contributed by atoms with Crippen LogP contribution >= 0.6 is 22.9 Å². The first-order chi connectivity index (χ1) is 15.9. The van der Waals surface area contributed by atoms with E-state index in [1.54, 1.807) is 6.07 Å². The third kappa shape index (κ3) is 3.94. The summed E-state index contributed by atoms with van der Waals surface area (Å²) in [4.78, 5) is 37.3. The van der Waals surface area contributed by atoms with Gasteiger partial charge in [0.05, 0.1) is 7.11 Å². The fourth-order valence-corrected chi connectivity index (χ4v) is 5.89. The summed E-state index contributed by atoms with van der Waals surface area (Å²) in [6.07, 6.45) is 1.95. The maximum atomic E-state index is 13.0.